The summed E-state index contributed by atoms with van der Waals surface area (Å²) < 4.78 is 12.4. The molecule has 0 fully saturated rings. The Morgan fingerprint density at radius 1 is 0.935 bits per heavy atom. The van der Waals surface area contributed by atoms with Crippen molar-refractivity contribution in [2.75, 3.05) is 6.61 Å². The summed E-state index contributed by atoms with van der Waals surface area (Å²) in [5.41, 5.74) is 4.15. The number of esters is 1. The second-order valence-corrected chi connectivity index (χ2v) is 7.33. The number of ketones is 1. The van der Waals surface area contributed by atoms with Crippen molar-refractivity contribution in [1.29, 1.82) is 0 Å². The van der Waals surface area contributed by atoms with E-state index in [9.17, 15) is 9.59 Å². The number of aromatic nitrogens is 2. The van der Waals surface area contributed by atoms with Crippen LogP contribution in [-0.4, -0.2) is 28.1 Å². The van der Waals surface area contributed by atoms with Gasteiger partial charge in [-0.1, -0.05) is 53.7 Å². The molecular formula is C25H22N2O4. The summed E-state index contributed by atoms with van der Waals surface area (Å²) in [6, 6.07) is 20.4. The molecule has 0 radical (unpaired) electrons. The highest BCUT2D eigenvalue weighted by Gasteiger charge is 2.21. The first-order chi connectivity index (χ1) is 15.0. The van der Waals surface area contributed by atoms with Gasteiger partial charge in [0.2, 0.25) is 5.78 Å². The predicted octanol–water partition coefficient (Wildman–Crippen LogP) is 5.10. The molecule has 0 amide bonds. The summed E-state index contributed by atoms with van der Waals surface area (Å²) in [7, 11) is 0. The highest BCUT2D eigenvalue weighted by Crippen LogP contribution is 2.25. The quantitative estimate of drug-likeness (QED) is 0.324. The van der Waals surface area contributed by atoms with Gasteiger partial charge in [-0.05, 0) is 44.0 Å². The fourth-order valence-corrected chi connectivity index (χ4v) is 3.67. The van der Waals surface area contributed by atoms with Crippen LogP contribution in [0.2, 0.25) is 0 Å². The van der Waals surface area contributed by atoms with Gasteiger partial charge in [0, 0.05) is 23.0 Å². The standard InChI is InChI=1S/C25H22N2O4/c1-16-13-22(18(3)27(16)24-14-17(2)31-26-24)23(28)15-30-25(29)21-12-8-7-11-20(21)19-9-5-4-6-10-19/h4-14H,15H2,1-3H3. The first-order valence-electron chi connectivity index (χ1n) is 9.93. The third-order valence-corrected chi connectivity index (χ3v) is 5.14. The summed E-state index contributed by atoms with van der Waals surface area (Å²) in [6.07, 6.45) is 0. The highest BCUT2D eigenvalue weighted by atomic mass is 16.5. The summed E-state index contributed by atoms with van der Waals surface area (Å²) in [6.45, 7) is 5.18. The predicted molar refractivity (Wildman–Crippen MR) is 117 cm³/mol. The van der Waals surface area contributed by atoms with Crippen LogP contribution in [0.15, 0.2) is 71.3 Å². The molecular weight excluding hydrogens is 392 g/mol. The molecule has 2 aromatic heterocycles. The fraction of sp³-hybridized carbons (Fsp3) is 0.160. The Kier molecular flexibility index (Phi) is 5.54. The normalized spacial score (nSPS) is 10.8. The number of carbonyl (C=O) groups is 2. The van der Waals surface area contributed by atoms with Gasteiger partial charge in [0.25, 0.3) is 0 Å². The third-order valence-electron chi connectivity index (χ3n) is 5.14. The van der Waals surface area contributed by atoms with Gasteiger partial charge in [-0.2, -0.15) is 0 Å². The lowest BCUT2D eigenvalue weighted by Crippen LogP contribution is -2.15. The number of ether oxygens (including phenoxy) is 1. The molecule has 156 valence electrons. The Morgan fingerprint density at radius 3 is 2.35 bits per heavy atom. The van der Waals surface area contributed by atoms with Crippen LogP contribution in [-0.2, 0) is 4.74 Å². The summed E-state index contributed by atoms with van der Waals surface area (Å²) in [5, 5.41) is 4.02. The molecule has 0 N–H and O–H groups in total. The lowest BCUT2D eigenvalue weighted by atomic mass is 10.00. The molecule has 31 heavy (non-hydrogen) atoms. The molecule has 0 unspecified atom stereocenters. The molecule has 6 heteroatoms. The minimum absolute atomic E-state index is 0.273. The molecule has 0 spiro atoms. The smallest absolute Gasteiger partial charge is 0.339 e. The third kappa shape index (κ3) is 4.05. The van der Waals surface area contributed by atoms with Crippen molar-refractivity contribution >= 4 is 11.8 Å². The average Bonchev–Trinajstić information content (AvgIpc) is 3.34. The largest absolute Gasteiger partial charge is 0.454 e. The van der Waals surface area contributed by atoms with Crippen LogP contribution in [0.5, 0.6) is 0 Å². The first kappa shape index (κ1) is 20.3. The van der Waals surface area contributed by atoms with Gasteiger partial charge in [0.1, 0.15) is 5.76 Å². The van der Waals surface area contributed by atoms with Gasteiger partial charge in [0.15, 0.2) is 12.4 Å². The van der Waals surface area contributed by atoms with Gasteiger partial charge >= 0.3 is 5.97 Å². The van der Waals surface area contributed by atoms with E-state index in [0.29, 0.717) is 22.7 Å². The number of carbonyl (C=O) groups excluding carboxylic acids is 2. The topological polar surface area (TPSA) is 74.3 Å². The van der Waals surface area contributed by atoms with E-state index < -0.39 is 5.97 Å². The number of benzene rings is 2. The van der Waals surface area contributed by atoms with Crippen LogP contribution in [0.4, 0.5) is 0 Å². The molecule has 0 bridgehead atoms. The molecule has 0 saturated heterocycles. The molecule has 4 aromatic rings. The van der Waals surface area contributed by atoms with Gasteiger partial charge in [0.05, 0.1) is 5.56 Å². The van der Waals surface area contributed by atoms with E-state index in [0.717, 1.165) is 22.5 Å². The zero-order valence-electron chi connectivity index (χ0n) is 17.6. The Bertz CT molecular complexity index is 1250. The minimum Gasteiger partial charge on any atom is -0.454 e. The van der Waals surface area contributed by atoms with Crippen molar-refractivity contribution < 1.29 is 18.8 Å². The number of aryl methyl sites for hydroxylation is 2. The molecule has 0 aliphatic heterocycles. The second-order valence-electron chi connectivity index (χ2n) is 7.33. The summed E-state index contributed by atoms with van der Waals surface area (Å²) in [4.78, 5) is 25.6. The number of nitrogens with zero attached hydrogens (tertiary/aromatic N) is 2. The lowest BCUT2D eigenvalue weighted by molar-refractivity contribution is 0.0475. The number of hydrogen-bond acceptors (Lipinski definition) is 5. The van der Waals surface area contributed by atoms with E-state index >= 15 is 0 Å². The number of rotatable bonds is 6. The molecule has 0 aliphatic rings. The summed E-state index contributed by atoms with van der Waals surface area (Å²) in [5.74, 6) is 0.487. The second kappa shape index (κ2) is 8.44. The average molecular weight is 414 g/mol. The maximum Gasteiger partial charge on any atom is 0.339 e. The highest BCUT2D eigenvalue weighted by molar-refractivity contribution is 6.02. The number of Topliss-reactive ketones (excluding diaryl/α,β-unsaturated/α-hetero) is 1. The maximum absolute atomic E-state index is 12.8. The Labute approximate surface area is 180 Å². The van der Waals surface area contributed by atoms with Crippen molar-refractivity contribution in [2.45, 2.75) is 20.8 Å². The number of hydrogen-bond donors (Lipinski definition) is 0. The van der Waals surface area contributed by atoms with Crippen molar-refractivity contribution in [3.05, 3.63) is 95.0 Å². The van der Waals surface area contributed by atoms with Gasteiger partial charge in [-0.15, -0.1) is 0 Å². The SMILES string of the molecule is Cc1cc(-n2c(C)cc(C(=O)COC(=O)c3ccccc3-c3ccccc3)c2C)no1. The zero-order valence-corrected chi connectivity index (χ0v) is 17.6. The minimum atomic E-state index is -0.534. The van der Waals surface area contributed by atoms with Crippen LogP contribution in [0.25, 0.3) is 16.9 Å². The van der Waals surface area contributed by atoms with E-state index in [2.05, 4.69) is 5.16 Å². The van der Waals surface area contributed by atoms with Crippen molar-refractivity contribution in [1.82, 2.24) is 9.72 Å². The lowest BCUT2D eigenvalue weighted by Gasteiger charge is -2.10. The molecule has 0 saturated carbocycles. The van der Waals surface area contributed by atoms with E-state index in [1.807, 2.05) is 67.8 Å². The van der Waals surface area contributed by atoms with Crippen LogP contribution in [0.1, 0.15) is 37.9 Å². The van der Waals surface area contributed by atoms with E-state index in [4.69, 9.17) is 9.26 Å². The van der Waals surface area contributed by atoms with Gasteiger partial charge < -0.3 is 9.26 Å². The van der Waals surface area contributed by atoms with Gasteiger partial charge in [-0.3, -0.25) is 9.36 Å². The molecule has 6 nitrogen and oxygen atoms in total. The Hall–Kier alpha value is -3.93. The fourth-order valence-electron chi connectivity index (χ4n) is 3.67. The van der Waals surface area contributed by atoms with Crippen LogP contribution in [0, 0.1) is 20.8 Å². The van der Waals surface area contributed by atoms with Crippen LogP contribution < -0.4 is 0 Å². The molecule has 2 heterocycles. The zero-order chi connectivity index (χ0) is 22.0. The Balaban J connectivity index is 1.52. The van der Waals surface area contributed by atoms with Crippen LogP contribution >= 0.6 is 0 Å². The van der Waals surface area contributed by atoms with Crippen molar-refractivity contribution in [3.63, 3.8) is 0 Å². The van der Waals surface area contributed by atoms with Crippen molar-refractivity contribution in [2.24, 2.45) is 0 Å². The van der Waals surface area contributed by atoms with Gasteiger partial charge in [-0.25, -0.2) is 4.79 Å². The molecule has 0 aliphatic carbocycles. The van der Waals surface area contributed by atoms with E-state index in [-0.39, 0.29) is 12.4 Å². The van der Waals surface area contributed by atoms with Crippen LogP contribution in [0.3, 0.4) is 0 Å². The van der Waals surface area contributed by atoms with E-state index in [1.165, 1.54) is 0 Å². The Morgan fingerprint density at radius 2 is 1.65 bits per heavy atom. The maximum atomic E-state index is 12.8. The molecule has 4 rings (SSSR count). The first-order valence-corrected chi connectivity index (χ1v) is 9.93. The molecule has 0 atom stereocenters. The molecule has 2 aromatic carbocycles. The van der Waals surface area contributed by atoms with Crippen molar-refractivity contribution in [3.8, 4) is 16.9 Å². The monoisotopic (exact) mass is 414 g/mol. The summed E-state index contributed by atoms with van der Waals surface area (Å²) >= 11 is 0. The van der Waals surface area contributed by atoms with E-state index in [1.54, 1.807) is 24.3 Å².